The van der Waals surface area contributed by atoms with Gasteiger partial charge in [-0.3, -0.25) is 0 Å². The average Bonchev–Trinajstić information content (AvgIpc) is 2.69. The number of benzene rings is 2. The fourth-order valence-corrected chi connectivity index (χ4v) is 2.64. The van der Waals surface area contributed by atoms with Crippen molar-refractivity contribution >= 4 is 5.97 Å². The van der Waals surface area contributed by atoms with Gasteiger partial charge in [-0.1, -0.05) is 60.7 Å². The lowest BCUT2D eigenvalue weighted by atomic mass is 9.82. The van der Waals surface area contributed by atoms with E-state index in [1.54, 1.807) is 24.3 Å². The smallest absolute Gasteiger partial charge is 0.347 e. The third-order valence-electron chi connectivity index (χ3n) is 3.82. The summed E-state index contributed by atoms with van der Waals surface area (Å²) in [4.78, 5) is 12.2. The summed E-state index contributed by atoms with van der Waals surface area (Å²) in [5.74, 6) is -0.716. The Morgan fingerprint density at radius 1 is 1.00 bits per heavy atom. The van der Waals surface area contributed by atoms with Gasteiger partial charge in [0.25, 0.3) is 0 Å². The Bertz CT molecular complexity index is 649. The van der Waals surface area contributed by atoms with Gasteiger partial charge in [-0.2, -0.15) is 0 Å². The monoisotopic (exact) mass is 280 g/mol. The van der Waals surface area contributed by atoms with Gasteiger partial charge in [-0.25, -0.2) is 4.79 Å². The van der Waals surface area contributed by atoms with E-state index >= 15 is 0 Å². The Morgan fingerprint density at radius 2 is 1.62 bits per heavy atom. The van der Waals surface area contributed by atoms with E-state index in [0.717, 1.165) is 5.56 Å². The minimum atomic E-state index is -1.63. The summed E-state index contributed by atoms with van der Waals surface area (Å²) in [6.45, 7) is 0. The van der Waals surface area contributed by atoms with Gasteiger partial charge in [0.2, 0.25) is 0 Å². The summed E-state index contributed by atoms with van der Waals surface area (Å²) < 4.78 is 5.06. The van der Waals surface area contributed by atoms with Crippen LogP contribution in [-0.2, 0) is 15.1 Å². The second-order valence-corrected chi connectivity index (χ2v) is 5.18. The largest absolute Gasteiger partial charge is 0.432 e. The van der Waals surface area contributed by atoms with E-state index in [4.69, 9.17) is 4.74 Å². The van der Waals surface area contributed by atoms with Gasteiger partial charge in [-0.05, 0) is 17.2 Å². The lowest BCUT2D eigenvalue weighted by molar-refractivity contribution is -0.160. The molecule has 0 spiro atoms. The van der Waals surface area contributed by atoms with E-state index in [0.29, 0.717) is 5.56 Å². The molecule has 1 N–H and O–H groups in total. The number of hydrogen-bond acceptors (Lipinski definition) is 3. The summed E-state index contributed by atoms with van der Waals surface area (Å²) in [7, 11) is 0. The zero-order valence-corrected chi connectivity index (χ0v) is 11.5. The fraction of sp³-hybridized carbons (Fsp3) is 0.167. The zero-order valence-electron chi connectivity index (χ0n) is 11.5. The van der Waals surface area contributed by atoms with Gasteiger partial charge in [0.05, 0.1) is 6.26 Å². The highest BCUT2D eigenvalue weighted by molar-refractivity contribution is 5.82. The minimum absolute atomic E-state index is 0.0807. The van der Waals surface area contributed by atoms with Crippen molar-refractivity contribution in [1.29, 1.82) is 0 Å². The highest BCUT2D eigenvalue weighted by Gasteiger charge is 2.42. The van der Waals surface area contributed by atoms with Crippen LogP contribution < -0.4 is 0 Å². The second-order valence-electron chi connectivity index (χ2n) is 5.18. The molecule has 0 aromatic heterocycles. The van der Waals surface area contributed by atoms with Crippen LogP contribution in [0.15, 0.2) is 73.0 Å². The van der Waals surface area contributed by atoms with Crippen LogP contribution in [0.4, 0.5) is 0 Å². The molecule has 1 aliphatic heterocycles. The summed E-state index contributed by atoms with van der Waals surface area (Å²) >= 11 is 0. The topological polar surface area (TPSA) is 46.5 Å². The highest BCUT2D eigenvalue weighted by atomic mass is 16.5. The molecule has 0 bridgehead atoms. The third kappa shape index (κ3) is 2.60. The number of carbonyl (C=O) groups excluding carboxylic acids is 1. The lowest BCUT2D eigenvalue weighted by Crippen LogP contribution is -2.37. The molecule has 3 heteroatoms. The molecule has 21 heavy (non-hydrogen) atoms. The number of rotatable bonds is 2. The van der Waals surface area contributed by atoms with E-state index in [1.807, 2.05) is 42.5 Å². The van der Waals surface area contributed by atoms with Crippen LogP contribution in [0.5, 0.6) is 0 Å². The summed E-state index contributed by atoms with van der Waals surface area (Å²) in [5, 5.41) is 10.9. The van der Waals surface area contributed by atoms with Crippen molar-refractivity contribution in [3.05, 3.63) is 84.1 Å². The molecule has 1 aliphatic rings. The molecule has 3 rings (SSSR count). The van der Waals surface area contributed by atoms with E-state index < -0.39 is 11.6 Å². The van der Waals surface area contributed by atoms with Crippen molar-refractivity contribution in [3.8, 4) is 0 Å². The molecule has 106 valence electrons. The number of allylic oxidation sites excluding steroid dienone is 1. The first-order valence-electron chi connectivity index (χ1n) is 6.91. The Balaban J connectivity index is 1.99. The van der Waals surface area contributed by atoms with Crippen molar-refractivity contribution in [2.24, 2.45) is 0 Å². The van der Waals surface area contributed by atoms with E-state index in [2.05, 4.69) is 0 Å². The Labute approximate surface area is 123 Å². The summed E-state index contributed by atoms with van der Waals surface area (Å²) in [6, 6.07) is 18.7. The molecule has 0 fully saturated rings. The van der Waals surface area contributed by atoms with Gasteiger partial charge in [0, 0.05) is 12.3 Å². The number of aliphatic hydroxyl groups is 1. The molecular formula is C18H16O3. The van der Waals surface area contributed by atoms with Gasteiger partial charge >= 0.3 is 5.97 Å². The SMILES string of the molecule is O=C1OC=C[C@@H](c2ccccc2)C[C@]1(O)c1ccccc1. The van der Waals surface area contributed by atoms with E-state index in [1.165, 1.54) is 6.26 Å². The second kappa shape index (κ2) is 5.54. The molecular weight excluding hydrogens is 264 g/mol. The zero-order chi connectivity index (χ0) is 14.7. The van der Waals surface area contributed by atoms with E-state index in [9.17, 15) is 9.90 Å². The number of carbonyl (C=O) groups is 1. The predicted molar refractivity (Wildman–Crippen MR) is 79.4 cm³/mol. The Kier molecular flexibility index (Phi) is 3.59. The molecule has 0 radical (unpaired) electrons. The first-order chi connectivity index (χ1) is 10.2. The Morgan fingerprint density at radius 3 is 2.29 bits per heavy atom. The van der Waals surface area contributed by atoms with Crippen LogP contribution >= 0.6 is 0 Å². The average molecular weight is 280 g/mol. The van der Waals surface area contributed by atoms with Crippen molar-refractivity contribution in [3.63, 3.8) is 0 Å². The molecule has 0 saturated heterocycles. The molecule has 0 saturated carbocycles. The minimum Gasteiger partial charge on any atom is -0.432 e. The molecule has 3 nitrogen and oxygen atoms in total. The van der Waals surface area contributed by atoms with Crippen LogP contribution in [0.25, 0.3) is 0 Å². The lowest BCUT2D eigenvalue weighted by Gasteiger charge is -2.27. The summed E-state index contributed by atoms with van der Waals surface area (Å²) in [6.07, 6.45) is 3.45. The van der Waals surface area contributed by atoms with Gasteiger partial charge < -0.3 is 9.84 Å². The normalized spacial score (nSPS) is 25.2. The predicted octanol–water partition coefficient (Wildman–Crippen LogP) is 3.12. The molecule has 2 aromatic carbocycles. The van der Waals surface area contributed by atoms with Crippen molar-refractivity contribution < 1.29 is 14.6 Å². The van der Waals surface area contributed by atoms with Gasteiger partial charge in [-0.15, -0.1) is 0 Å². The first kappa shape index (κ1) is 13.6. The van der Waals surface area contributed by atoms with Crippen LogP contribution in [0.1, 0.15) is 23.5 Å². The fourth-order valence-electron chi connectivity index (χ4n) is 2.64. The molecule has 2 atom stereocenters. The maximum absolute atomic E-state index is 12.2. The first-order valence-corrected chi connectivity index (χ1v) is 6.91. The van der Waals surface area contributed by atoms with Crippen LogP contribution in [0.3, 0.4) is 0 Å². The highest BCUT2D eigenvalue weighted by Crippen LogP contribution is 2.37. The Hall–Kier alpha value is -2.39. The van der Waals surface area contributed by atoms with Gasteiger partial charge in [0.15, 0.2) is 5.60 Å². The third-order valence-corrected chi connectivity index (χ3v) is 3.82. The van der Waals surface area contributed by atoms with E-state index in [-0.39, 0.29) is 12.3 Å². The number of cyclic esters (lactones) is 1. The van der Waals surface area contributed by atoms with Crippen LogP contribution in [0, 0.1) is 0 Å². The number of hydrogen-bond donors (Lipinski definition) is 1. The molecule has 0 aliphatic carbocycles. The molecule has 0 amide bonds. The van der Waals surface area contributed by atoms with Crippen molar-refractivity contribution in [2.75, 3.05) is 0 Å². The molecule has 2 aromatic rings. The number of ether oxygens (including phenoxy) is 1. The van der Waals surface area contributed by atoms with Crippen molar-refractivity contribution in [1.82, 2.24) is 0 Å². The van der Waals surface area contributed by atoms with Gasteiger partial charge in [0.1, 0.15) is 0 Å². The van der Waals surface area contributed by atoms with Crippen molar-refractivity contribution in [2.45, 2.75) is 17.9 Å². The number of esters is 1. The standard InChI is InChI=1S/C18H16O3/c19-17-18(20,16-9-5-2-6-10-16)13-15(11-12-21-17)14-7-3-1-4-8-14/h1-12,15,20H,13H2/t15-,18+/m1/s1. The van der Waals surface area contributed by atoms with Crippen LogP contribution in [0.2, 0.25) is 0 Å². The maximum atomic E-state index is 12.2. The molecule has 1 heterocycles. The van der Waals surface area contributed by atoms with Crippen LogP contribution in [-0.4, -0.2) is 11.1 Å². The summed E-state index contributed by atoms with van der Waals surface area (Å²) in [5.41, 5.74) is -0.0355. The maximum Gasteiger partial charge on any atom is 0.347 e. The quantitative estimate of drug-likeness (QED) is 0.860. The molecule has 0 unspecified atom stereocenters.